The predicted molar refractivity (Wildman–Crippen MR) is 98.6 cm³/mol. The Bertz CT molecular complexity index is 504. The molecule has 0 amide bonds. The number of benzene rings is 2. The third kappa shape index (κ3) is 3.82. The molecule has 0 N–H and O–H groups in total. The zero-order chi connectivity index (χ0) is 13.7. The molecule has 100 valence electrons. The molecule has 0 spiro atoms. The molecule has 0 bridgehead atoms. The van der Waals surface area contributed by atoms with Crippen molar-refractivity contribution in [2.75, 3.05) is 10.7 Å². The van der Waals surface area contributed by atoms with Gasteiger partial charge in [-0.1, -0.05) is 74.3 Å². The highest BCUT2D eigenvalue weighted by molar-refractivity contribution is 14.1. The highest BCUT2D eigenvalue weighted by Crippen LogP contribution is 2.32. The molecule has 19 heavy (non-hydrogen) atoms. The molecule has 0 heterocycles. The minimum absolute atomic E-state index is 0.105. The number of rotatable bonds is 5. The molecule has 0 radical (unpaired) electrons. The molecule has 0 atom stereocenters. The van der Waals surface area contributed by atoms with Gasteiger partial charge < -0.3 is 0 Å². The molecule has 0 aromatic heterocycles. The summed E-state index contributed by atoms with van der Waals surface area (Å²) in [5.74, 6) is 0. The van der Waals surface area contributed by atoms with Crippen molar-refractivity contribution in [2.45, 2.75) is 11.8 Å². The van der Waals surface area contributed by atoms with E-state index in [1.54, 1.807) is 0 Å². The van der Waals surface area contributed by atoms with Crippen molar-refractivity contribution < 1.29 is 0 Å². The fourth-order valence-electron chi connectivity index (χ4n) is 2.17. The van der Waals surface area contributed by atoms with Gasteiger partial charge in [0.25, 0.3) is 0 Å². The summed E-state index contributed by atoms with van der Waals surface area (Å²) in [5.41, 5.74) is 2.86. The van der Waals surface area contributed by atoms with Gasteiger partial charge in [-0.2, -0.15) is 0 Å². The highest BCUT2D eigenvalue weighted by atomic mass is 127. The van der Waals surface area contributed by atoms with Crippen LogP contribution in [0.4, 0.5) is 0 Å². The van der Waals surface area contributed by atoms with E-state index in [0.29, 0.717) is 0 Å². The maximum absolute atomic E-state index is 3.71. The molecular formula is C16H15Br2I. The normalized spacial score (nSPS) is 11.5. The molecule has 2 aromatic carbocycles. The maximum Gasteiger partial charge on any atom is 0.0187 e. The highest BCUT2D eigenvalue weighted by Gasteiger charge is 2.30. The Morgan fingerprint density at radius 1 is 0.842 bits per heavy atom. The monoisotopic (exact) mass is 492 g/mol. The predicted octanol–water partition coefficient (Wildman–Crippen LogP) is 5.56. The Balaban J connectivity index is 2.32. The minimum Gasteiger partial charge on any atom is -0.0918 e. The average molecular weight is 494 g/mol. The van der Waals surface area contributed by atoms with Gasteiger partial charge >= 0.3 is 0 Å². The average Bonchev–Trinajstić information content (AvgIpc) is 2.48. The summed E-state index contributed by atoms with van der Waals surface area (Å²) >= 11 is 9.77. The van der Waals surface area contributed by atoms with Crippen molar-refractivity contribution in [1.29, 1.82) is 0 Å². The quantitative estimate of drug-likeness (QED) is 0.378. The second-order valence-corrected chi connectivity index (χ2v) is 7.08. The van der Waals surface area contributed by atoms with Crippen molar-refractivity contribution in [3.8, 4) is 0 Å². The zero-order valence-corrected chi connectivity index (χ0v) is 15.8. The smallest absolute Gasteiger partial charge is 0.0187 e. The molecule has 0 aliphatic heterocycles. The van der Waals surface area contributed by atoms with E-state index in [4.69, 9.17) is 0 Å². The van der Waals surface area contributed by atoms with Crippen molar-refractivity contribution in [2.24, 2.45) is 0 Å². The van der Waals surface area contributed by atoms with Crippen molar-refractivity contribution in [3.05, 3.63) is 69.3 Å². The molecule has 0 saturated heterocycles. The largest absolute Gasteiger partial charge is 0.0918 e. The first-order valence-corrected chi connectivity index (χ1v) is 9.44. The molecule has 2 rings (SSSR count). The molecular weight excluding hydrogens is 479 g/mol. The van der Waals surface area contributed by atoms with Gasteiger partial charge in [-0.05, 0) is 52.3 Å². The Morgan fingerprint density at radius 3 is 1.95 bits per heavy atom. The summed E-state index contributed by atoms with van der Waals surface area (Å²) in [6, 6.07) is 19.5. The van der Waals surface area contributed by atoms with E-state index >= 15 is 0 Å². The number of hydrogen-bond donors (Lipinski definition) is 0. The van der Waals surface area contributed by atoms with Gasteiger partial charge in [0.2, 0.25) is 0 Å². The van der Waals surface area contributed by atoms with Gasteiger partial charge in [0.05, 0.1) is 0 Å². The number of hydrogen-bond acceptors (Lipinski definition) is 0. The van der Waals surface area contributed by atoms with Crippen LogP contribution in [-0.2, 0) is 11.8 Å². The van der Waals surface area contributed by atoms with Crippen LogP contribution in [0, 0.1) is 3.57 Å². The lowest BCUT2D eigenvalue weighted by molar-refractivity contribution is 0.551. The molecule has 3 heteroatoms. The first-order chi connectivity index (χ1) is 9.20. The van der Waals surface area contributed by atoms with E-state index in [-0.39, 0.29) is 5.41 Å². The van der Waals surface area contributed by atoms with E-state index in [9.17, 15) is 0 Å². The Kier molecular flexibility index (Phi) is 5.90. The van der Waals surface area contributed by atoms with Crippen molar-refractivity contribution in [1.82, 2.24) is 0 Å². The van der Waals surface area contributed by atoms with Gasteiger partial charge in [-0.15, -0.1) is 0 Å². The van der Waals surface area contributed by atoms with E-state index < -0.39 is 0 Å². The van der Waals surface area contributed by atoms with Crippen LogP contribution in [0.5, 0.6) is 0 Å². The SMILES string of the molecule is BrCC(CBr)(Cc1ccc(I)cc1)c1ccccc1. The summed E-state index contributed by atoms with van der Waals surface area (Å²) in [6.45, 7) is 0. The summed E-state index contributed by atoms with van der Waals surface area (Å²) in [5, 5.41) is 1.89. The molecule has 0 fully saturated rings. The van der Waals surface area contributed by atoms with E-state index in [2.05, 4.69) is 109 Å². The van der Waals surface area contributed by atoms with Crippen LogP contribution in [0.1, 0.15) is 11.1 Å². The van der Waals surface area contributed by atoms with Crippen LogP contribution in [0.3, 0.4) is 0 Å². The van der Waals surface area contributed by atoms with Gasteiger partial charge in [0.15, 0.2) is 0 Å². The first-order valence-electron chi connectivity index (χ1n) is 6.12. The number of alkyl halides is 2. The molecule has 0 saturated carbocycles. The van der Waals surface area contributed by atoms with Gasteiger partial charge in [0, 0.05) is 19.6 Å². The van der Waals surface area contributed by atoms with Crippen LogP contribution in [0.2, 0.25) is 0 Å². The van der Waals surface area contributed by atoms with Gasteiger partial charge in [-0.3, -0.25) is 0 Å². The van der Waals surface area contributed by atoms with Crippen LogP contribution in [-0.4, -0.2) is 10.7 Å². The molecule has 0 aliphatic carbocycles. The molecule has 0 aliphatic rings. The second-order valence-electron chi connectivity index (χ2n) is 4.72. The van der Waals surface area contributed by atoms with Gasteiger partial charge in [-0.25, -0.2) is 0 Å². The topological polar surface area (TPSA) is 0 Å². The lowest BCUT2D eigenvalue weighted by atomic mass is 9.79. The zero-order valence-electron chi connectivity index (χ0n) is 10.5. The third-order valence-electron chi connectivity index (χ3n) is 3.35. The van der Waals surface area contributed by atoms with E-state index in [1.807, 2.05) is 0 Å². The Hall–Kier alpha value is 0.130. The first kappa shape index (κ1) is 15.5. The van der Waals surface area contributed by atoms with E-state index in [1.165, 1.54) is 14.7 Å². The van der Waals surface area contributed by atoms with Gasteiger partial charge in [0.1, 0.15) is 0 Å². The molecule has 2 aromatic rings. The Labute approximate surface area is 145 Å². The molecule has 0 unspecified atom stereocenters. The maximum atomic E-state index is 3.71. The van der Waals surface area contributed by atoms with Crippen LogP contribution >= 0.6 is 54.5 Å². The summed E-state index contributed by atoms with van der Waals surface area (Å²) < 4.78 is 1.28. The van der Waals surface area contributed by atoms with Crippen molar-refractivity contribution >= 4 is 54.5 Å². The summed E-state index contributed by atoms with van der Waals surface area (Å²) in [4.78, 5) is 0. The minimum atomic E-state index is 0.105. The molecule has 0 nitrogen and oxygen atoms in total. The fourth-order valence-corrected chi connectivity index (χ4v) is 4.50. The summed E-state index contributed by atoms with van der Waals surface area (Å²) in [7, 11) is 0. The summed E-state index contributed by atoms with van der Waals surface area (Å²) in [6.07, 6.45) is 1.03. The fraction of sp³-hybridized carbons (Fsp3) is 0.250. The van der Waals surface area contributed by atoms with Crippen LogP contribution in [0.25, 0.3) is 0 Å². The third-order valence-corrected chi connectivity index (χ3v) is 6.22. The Morgan fingerprint density at radius 2 is 1.42 bits per heavy atom. The second kappa shape index (κ2) is 7.23. The van der Waals surface area contributed by atoms with Crippen LogP contribution in [0.15, 0.2) is 54.6 Å². The lowest BCUT2D eigenvalue weighted by Crippen LogP contribution is -2.32. The lowest BCUT2D eigenvalue weighted by Gasteiger charge is -2.31. The van der Waals surface area contributed by atoms with Crippen LogP contribution < -0.4 is 0 Å². The number of halogens is 3. The van der Waals surface area contributed by atoms with E-state index in [0.717, 1.165) is 17.1 Å². The van der Waals surface area contributed by atoms with Crippen molar-refractivity contribution in [3.63, 3.8) is 0 Å². The standard InChI is InChI=1S/C16H15Br2I/c17-11-16(12-18,14-4-2-1-3-5-14)10-13-6-8-15(19)9-7-13/h1-9H,10-12H2.